The fourth-order valence-electron chi connectivity index (χ4n) is 2.96. The fourth-order valence-corrected chi connectivity index (χ4v) is 2.96. The minimum absolute atomic E-state index is 0.0182. The van der Waals surface area contributed by atoms with E-state index < -0.39 is 0 Å². The second-order valence-electron chi connectivity index (χ2n) is 6.08. The summed E-state index contributed by atoms with van der Waals surface area (Å²) < 4.78 is 1.72. The number of aromatic nitrogens is 3. The molecule has 5 heteroatoms. The Morgan fingerprint density at radius 2 is 2.05 bits per heavy atom. The summed E-state index contributed by atoms with van der Waals surface area (Å²) in [7, 11) is 0. The Kier molecular flexibility index (Phi) is 3.30. The van der Waals surface area contributed by atoms with Crippen molar-refractivity contribution in [1.82, 2.24) is 19.4 Å². The lowest BCUT2D eigenvalue weighted by Crippen LogP contribution is -2.47. The van der Waals surface area contributed by atoms with E-state index in [0.717, 1.165) is 13.1 Å². The van der Waals surface area contributed by atoms with Gasteiger partial charge >= 0.3 is 0 Å². The minimum atomic E-state index is -0.0251. The lowest BCUT2D eigenvalue weighted by Gasteiger charge is -2.35. The molecular formula is C15H20N4O. The zero-order chi connectivity index (χ0) is 14.2. The number of pyridine rings is 1. The van der Waals surface area contributed by atoms with Crippen LogP contribution in [0.25, 0.3) is 10.9 Å². The number of hydrogen-bond donors (Lipinski definition) is 0. The Morgan fingerprint density at radius 3 is 2.80 bits per heavy atom. The summed E-state index contributed by atoms with van der Waals surface area (Å²) in [5.74, 6) is 0. The summed E-state index contributed by atoms with van der Waals surface area (Å²) in [6, 6.07) is 1.74. The molecule has 2 aromatic heterocycles. The molecule has 0 saturated carbocycles. The van der Waals surface area contributed by atoms with Gasteiger partial charge in [-0.15, -0.1) is 0 Å². The van der Waals surface area contributed by atoms with E-state index in [2.05, 4.69) is 28.7 Å². The first-order chi connectivity index (χ1) is 9.58. The van der Waals surface area contributed by atoms with Gasteiger partial charge in [-0.3, -0.25) is 19.2 Å². The molecule has 0 aliphatic carbocycles. The highest BCUT2D eigenvalue weighted by molar-refractivity contribution is 5.75. The highest BCUT2D eigenvalue weighted by Gasteiger charge is 2.29. The average Bonchev–Trinajstić information content (AvgIpc) is 2.97. The quantitative estimate of drug-likeness (QED) is 0.853. The molecule has 0 amide bonds. The first-order valence-electron chi connectivity index (χ1n) is 7.12. The number of rotatable bonds is 3. The number of likely N-dealkylation sites (tertiary alicyclic amines) is 1. The van der Waals surface area contributed by atoms with E-state index in [9.17, 15) is 4.79 Å². The van der Waals surface area contributed by atoms with E-state index in [1.807, 2.05) is 0 Å². The topological polar surface area (TPSA) is 51.0 Å². The summed E-state index contributed by atoms with van der Waals surface area (Å²) in [6.45, 7) is 7.29. The van der Waals surface area contributed by atoms with Crippen LogP contribution in [0.5, 0.6) is 0 Å². The molecule has 0 unspecified atom stereocenters. The van der Waals surface area contributed by atoms with Gasteiger partial charge in [0.2, 0.25) is 0 Å². The molecule has 1 aliphatic rings. The summed E-state index contributed by atoms with van der Waals surface area (Å²) in [5.41, 5.74) is 0.653. The maximum Gasteiger partial charge on any atom is 0.261 e. The van der Waals surface area contributed by atoms with Crippen molar-refractivity contribution >= 4 is 10.9 Å². The molecule has 3 heterocycles. The lowest BCUT2D eigenvalue weighted by molar-refractivity contribution is 0.132. The van der Waals surface area contributed by atoms with Gasteiger partial charge in [0.25, 0.3) is 5.56 Å². The van der Waals surface area contributed by atoms with Crippen LogP contribution in [0.1, 0.15) is 26.7 Å². The van der Waals surface area contributed by atoms with Gasteiger partial charge in [0, 0.05) is 18.3 Å². The Balaban J connectivity index is 1.94. The van der Waals surface area contributed by atoms with Crippen molar-refractivity contribution in [3.8, 4) is 0 Å². The van der Waals surface area contributed by atoms with Crippen LogP contribution in [0, 0.1) is 0 Å². The van der Waals surface area contributed by atoms with E-state index in [0.29, 0.717) is 17.4 Å². The lowest BCUT2D eigenvalue weighted by atomic mass is 10.0. The Bertz CT molecular complexity index is 671. The molecule has 2 aromatic rings. The van der Waals surface area contributed by atoms with Crippen molar-refractivity contribution in [3.63, 3.8) is 0 Å². The normalized spacial score (nSPS) is 16.9. The molecule has 106 valence electrons. The molecule has 0 radical (unpaired) electrons. The third-order valence-corrected chi connectivity index (χ3v) is 4.15. The third-order valence-electron chi connectivity index (χ3n) is 4.15. The summed E-state index contributed by atoms with van der Waals surface area (Å²) in [6.07, 6.45) is 7.41. The van der Waals surface area contributed by atoms with Crippen LogP contribution >= 0.6 is 0 Å². The Labute approximate surface area is 118 Å². The monoisotopic (exact) mass is 272 g/mol. The largest absolute Gasteiger partial charge is 0.297 e. The predicted octanol–water partition coefficient (Wildman–Crippen LogP) is 1.67. The fraction of sp³-hybridized carbons (Fsp3) is 0.533. The van der Waals surface area contributed by atoms with Crippen molar-refractivity contribution in [3.05, 3.63) is 35.1 Å². The summed E-state index contributed by atoms with van der Waals surface area (Å²) >= 11 is 0. The molecule has 0 aromatic carbocycles. The molecule has 0 N–H and O–H groups in total. The molecule has 0 atom stereocenters. The molecule has 1 aliphatic heterocycles. The molecule has 0 spiro atoms. The van der Waals surface area contributed by atoms with Gasteiger partial charge in [-0.05, 0) is 45.8 Å². The molecule has 1 saturated heterocycles. The zero-order valence-corrected chi connectivity index (χ0v) is 12.0. The number of fused-ring (bicyclic) bond motifs is 1. The second kappa shape index (κ2) is 4.98. The van der Waals surface area contributed by atoms with Crippen LogP contribution in [-0.4, -0.2) is 38.1 Å². The van der Waals surface area contributed by atoms with E-state index in [1.54, 1.807) is 29.4 Å². The molecular weight excluding hydrogens is 252 g/mol. The summed E-state index contributed by atoms with van der Waals surface area (Å²) in [5, 5.41) is 0.639. The van der Waals surface area contributed by atoms with Crippen molar-refractivity contribution < 1.29 is 0 Å². The molecule has 20 heavy (non-hydrogen) atoms. The van der Waals surface area contributed by atoms with Crippen molar-refractivity contribution in [1.29, 1.82) is 0 Å². The van der Waals surface area contributed by atoms with Crippen molar-refractivity contribution in [2.24, 2.45) is 0 Å². The number of hydrogen-bond acceptors (Lipinski definition) is 4. The summed E-state index contributed by atoms with van der Waals surface area (Å²) in [4.78, 5) is 23.3. The van der Waals surface area contributed by atoms with E-state index in [4.69, 9.17) is 0 Å². The Hall–Kier alpha value is -1.75. The maximum atomic E-state index is 12.5. The van der Waals surface area contributed by atoms with Gasteiger partial charge in [-0.2, -0.15) is 0 Å². The predicted molar refractivity (Wildman–Crippen MR) is 78.7 cm³/mol. The van der Waals surface area contributed by atoms with Gasteiger partial charge in [0.05, 0.1) is 23.4 Å². The van der Waals surface area contributed by atoms with Crippen molar-refractivity contribution in [2.45, 2.75) is 38.8 Å². The van der Waals surface area contributed by atoms with Gasteiger partial charge in [0.1, 0.15) is 0 Å². The first kappa shape index (κ1) is 13.2. The van der Waals surface area contributed by atoms with E-state index in [1.165, 1.54) is 12.8 Å². The van der Waals surface area contributed by atoms with Crippen molar-refractivity contribution in [2.75, 3.05) is 13.1 Å². The first-order valence-corrected chi connectivity index (χ1v) is 7.12. The van der Waals surface area contributed by atoms with Crippen LogP contribution < -0.4 is 5.56 Å². The van der Waals surface area contributed by atoms with Gasteiger partial charge in [-0.25, -0.2) is 4.98 Å². The molecule has 1 fully saturated rings. The molecule has 5 nitrogen and oxygen atoms in total. The highest BCUT2D eigenvalue weighted by atomic mass is 16.1. The highest BCUT2D eigenvalue weighted by Crippen LogP contribution is 2.22. The van der Waals surface area contributed by atoms with Crippen LogP contribution in [0.4, 0.5) is 0 Å². The van der Waals surface area contributed by atoms with E-state index >= 15 is 0 Å². The maximum absolute atomic E-state index is 12.5. The smallest absolute Gasteiger partial charge is 0.261 e. The van der Waals surface area contributed by atoms with Gasteiger partial charge < -0.3 is 0 Å². The number of nitrogens with zero attached hydrogens (tertiary/aromatic N) is 4. The average molecular weight is 272 g/mol. The Morgan fingerprint density at radius 1 is 1.30 bits per heavy atom. The molecule has 3 rings (SSSR count). The van der Waals surface area contributed by atoms with Gasteiger partial charge in [-0.1, -0.05) is 0 Å². The second-order valence-corrected chi connectivity index (χ2v) is 6.08. The molecule has 0 bridgehead atoms. The van der Waals surface area contributed by atoms with Gasteiger partial charge in [0.15, 0.2) is 0 Å². The minimum Gasteiger partial charge on any atom is -0.297 e. The SMILES string of the molecule is CC(C)(Cn1cnc2cnccc2c1=O)N1CCCC1. The zero-order valence-electron chi connectivity index (χ0n) is 12.0. The van der Waals surface area contributed by atoms with E-state index in [-0.39, 0.29) is 11.1 Å². The van der Waals surface area contributed by atoms with Crippen LogP contribution in [-0.2, 0) is 6.54 Å². The van der Waals surface area contributed by atoms with Crippen LogP contribution in [0.15, 0.2) is 29.6 Å². The van der Waals surface area contributed by atoms with Crippen LogP contribution in [0.2, 0.25) is 0 Å². The third kappa shape index (κ3) is 2.33. The van der Waals surface area contributed by atoms with Crippen LogP contribution in [0.3, 0.4) is 0 Å². The standard InChI is InChI=1S/C15H20N4O/c1-15(2,19-7-3-4-8-19)10-18-11-17-13-9-16-6-5-12(13)14(18)20/h5-6,9,11H,3-4,7-8,10H2,1-2H3.